The molecule has 4 aromatic rings. The van der Waals surface area contributed by atoms with Gasteiger partial charge in [0.25, 0.3) is 5.91 Å². The predicted octanol–water partition coefficient (Wildman–Crippen LogP) is 5.88. The molecular weight excluding hydrogens is 348 g/mol. The zero-order valence-electron chi connectivity index (χ0n) is 15.8. The van der Waals surface area contributed by atoms with Crippen LogP contribution in [0.15, 0.2) is 83.5 Å². The number of carbonyl (C=O) groups excluding carboxylic acids is 1. The maximum atomic E-state index is 12.3. The summed E-state index contributed by atoms with van der Waals surface area (Å²) in [5, 5.41) is 2.90. The molecule has 1 aromatic heterocycles. The van der Waals surface area contributed by atoms with E-state index in [-0.39, 0.29) is 5.91 Å². The first-order chi connectivity index (χ1) is 13.6. The van der Waals surface area contributed by atoms with Crippen molar-refractivity contribution in [3.8, 4) is 22.7 Å². The highest BCUT2D eigenvalue weighted by molar-refractivity contribution is 6.04. The summed E-state index contributed by atoms with van der Waals surface area (Å²) in [6.07, 6.45) is 1.66. The predicted molar refractivity (Wildman–Crippen MR) is 111 cm³/mol. The molecule has 0 saturated carbocycles. The Bertz CT molecular complexity index is 1090. The molecule has 0 unspecified atom stereocenters. The SMILES string of the molecule is Cc1ccc(C(=O)Nc2ccc(-c3nc(-c4ccc(C)cc4)co3)cc2)cc1. The number of oxazole rings is 1. The molecule has 4 heteroatoms. The molecule has 0 spiro atoms. The average Bonchev–Trinajstić information content (AvgIpc) is 3.20. The number of aryl methyl sites for hydroxylation is 2. The fourth-order valence-corrected chi connectivity index (χ4v) is 2.87. The van der Waals surface area contributed by atoms with Crippen LogP contribution in [0.25, 0.3) is 22.7 Å². The van der Waals surface area contributed by atoms with E-state index in [2.05, 4.69) is 29.4 Å². The van der Waals surface area contributed by atoms with Gasteiger partial charge in [-0.05, 0) is 50.2 Å². The van der Waals surface area contributed by atoms with Gasteiger partial charge in [-0.25, -0.2) is 4.98 Å². The minimum atomic E-state index is -0.134. The summed E-state index contributed by atoms with van der Waals surface area (Å²) in [4.78, 5) is 16.9. The normalized spacial score (nSPS) is 10.6. The van der Waals surface area contributed by atoms with Crippen LogP contribution in [0.2, 0.25) is 0 Å². The van der Waals surface area contributed by atoms with Crippen molar-refractivity contribution in [1.29, 1.82) is 0 Å². The fourth-order valence-electron chi connectivity index (χ4n) is 2.87. The van der Waals surface area contributed by atoms with Gasteiger partial charge in [0.1, 0.15) is 12.0 Å². The van der Waals surface area contributed by atoms with Gasteiger partial charge in [-0.1, -0.05) is 47.5 Å². The lowest BCUT2D eigenvalue weighted by atomic mass is 10.1. The first kappa shape index (κ1) is 17.7. The Kier molecular flexibility index (Phi) is 4.77. The Hall–Kier alpha value is -3.66. The Morgan fingerprint density at radius 2 is 1.36 bits per heavy atom. The smallest absolute Gasteiger partial charge is 0.255 e. The summed E-state index contributed by atoms with van der Waals surface area (Å²) in [5.74, 6) is 0.414. The van der Waals surface area contributed by atoms with Crippen LogP contribution in [-0.2, 0) is 0 Å². The van der Waals surface area contributed by atoms with Crippen LogP contribution in [0, 0.1) is 13.8 Å². The van der Waals surface area contributed by atoms with E-state index >= 15 is 0 Å². The Morgan fingerprint density at radius 1 is 0.786 bits per heavy atom. The summed E-state index contributed by atoms with van der Waals surface area (Å²) in [7, 11) is 0. The van der Waals surface area contributed by atoms with E-state index in [1.165, 1.54) is 5.56 Å². The Labute approximate surface area is 163 Å². The second-order valence-electron chi connectivity index (χ2n) is 6.80. The van der Waals surface area contributed by atoms with Crippen LogP contribution in [-0.4, -0.2) is 10.9 Å². The van der Waals surface area contributed by atoms with Crippen molar-refractivity contribution in [2.24, 2.45) is 0 Å². The zero-order chi connectivity index (χ0) is 19.5. The van der Waals surface area contributed by atoms with Crippen LogP contribution in [0.3, 0.4) is 0 Å². The first-order valence-electron chi connectivity index (χ1n) is 9.09. The van der Waals surface area contributed by atoms with E-state index in [1.807, 2.05) is 67.6 Å². The number of nitrogens with zero attached hydrogens (tertiary/aromatic N) is 1. The molecule has 0 aliphatic heterocycles. The third-order valence-corrected chi connectivity index (χ3v) is 4.55. The van der Waals surface area contributed by atoms with Crippen molar-refractivity contribution in [3.05, 3.63) is 95.7 Å². The number of amides is 1. The molecule has 138 valence electrons. The number of benzene rings is 3. The topological polar surface area (TPSA) is 55.1 Å². The molecule has 4 nitrogen and oxygen atoms in total. The monoisotopic (exact) mass is 368 g/mol. The van der Waals surface area contributed by atoms with Gasteiger partial charge in [0.2, 0.25) is 5.89 Å². The summed E-state index contributed by atoms with van der Waals surface area (Å²) >= 11 is 0. The number of aromatic nitrogens is 1. The second kappa shape index (κ2) is 7.53. The van der Waals surface area contributed by atoms with E-state index in [0.29, 0.717) is 11.5 Å². The van der Waals surface area contributed by atoms with Crippen molar-refractivity contribution >= 4 is 11.6 Å². The summed E-state index contributed by atoms with van der Waals surface area (Å²) in [6.45, 7) is 4.05. The molecule has 0 bridgehead atoms. The highest BCUT2D eigenvalue weighted by atomic mass is 16.3. The third kappa shape index (κ3) is 3.86. The van der Waals surface area contributed by atoms with Gasteiger partial charge in [-0.2, -0.15) is 0 Å². The van der Waals surface area contributed by atoms with Gasteiger partial charge in [-0.15, -0.1) is 0 Å². The highest BCUT2D eigenvalue weighted by Gasteiger charge is 2.10. The lowest BCUT2D eigenvalue weighted by molar-refractivity contribution is 0.102. The maximum Gasteiger partial charge on any atom is 0.255 e. The average molecular weight is 368 g/mol. The quantitative estimate of drug-likeness (QED) is 0.489. The molecule has 28 heavy (non-hydrogen) atoms. The van der Waals surface area contributed by atoms with Crippen LogP contribution in [0.1, 0.15) is 21.5 Å². The van der Waals surface area contributed by atoms with Crippen LogP contribution < -0.4 is 5.32 Å². The van der Waals surface area contributed by atoms with Crippen molar-refractivity contribution in [2.45, 2.75) is 13.8 Å². The molecule has 0 radical (unpaired) electrons. The molecule has 0 aliphatic carbocycles. The van der Waals surface area contributed by atoms with Gasteiger partial charge in [0.15, 0.2) is 0 Å². The zero-order valence-corrected chi connectivity index (χ0v) is 15.8. The summed E-state index contributed by atoms with van der Waals surface area (Å²) in [5.41, 5.74) is 6.35. The Balaban J connectivity index is 1.48. The lowest BCUT2D eigenvalue weighted by Gasteiger charge is -2.06. The van der Waals surface area contributed by atoms with E-state index in [1.54, 1.807) is 6.26 Å². The fraction of sp³-hybridized carbons (Fsp3) is 0.0833. The number of rotatable bonds is 4. The molecule has 0 atom stereocenters. The second-order valence-corrected chi connectivity index (χ2v) is 6.80. The molecule has 0 saturated heterocycles. The first-order valence-corrected chi connectivity index (χ1v) is 9.09. The van der Waals surface area contributed by atoms with Crippen molar-refractivity contribution < 1.29 is 9.21 Å². The van der Waals surface area contributed by atoms with E-state index in [9.17, 15) is 4.79 Å². The van der Waals surface area contributed by atoms with Crippen molar-refractivity contribution in [3.63, 3.8) is 0 Å². The third-order valence-electron chi connectivity index (χ3n) is 4.55. The largest absolute Gasteiger partial charge is 0.444 e. The number of hydrogen-bond acceptors (Lipinski definition) is 3. The van der Waals surface area contributed by atoms with E-state index in [0.717, 1.165) is 28.1 Å². The summed E-state index contributed by atoms with van der Waals surface area (Å²) < 4.78 is 5.64. The lowest BCUT2D eigenvalue weighted by Crippen LogP contribution is -2.11. The molecule has 1 heterocycles. The molecule has 1 N–H and O–H groups in total. The number of nitrogens with one attached hydrogen (secondary N) is 1. The van der Waals surface area contributed by atoms with Gasteiger partial charge >= 0.3 is 0 Å². The molecule has 0 aliphatic rings. The molecule has 3 aromatic carbocycles. The van der Waals surface area contributed by atoms with Crippen LogP contribution in [0.5, 0.6) is 0 Å². The van der Waals surface area contributed by atoms with E-state index < -0.39 is 0 Å². The van der Waals surface area contributed by atoms with Crippen LogP contribution in [0.4, 0.5) is 5.69 Å². The maximum absolute atomic E-state index is 12.3. The number of anilines is 1. The van der Waals surface area contributed by atoms with Gasteiger partial charge in [0, 0.05) is 22.4 Å². The molecule has 0 fully saturated rings. The summed E-state index contributed by atoms with van der Waals surface area (Å²) in [6, 6.07) is 23.1. The van der Waals surface area contributed by atoms with Crippen molar-refractivity contribution in [1.82, 2.24) is 4.98 Å². The standard InChI is InChI=1S/C24H20N2O2/c1-16-3-7-18(8-4-16)22-15-28-24(26-22)20-11-13-21(14-12-20)25-23(27)19-9-5-17(2)6-10-19/h3-15H,1-2H3,(H,25,27). The van der Waals surface area contributed by atoms with Crippen molar-refractivity contribution in [2.75, 3.05) is 5.32 Å². The number of hydrogen-bond donors (Lipinski definition) is 1. The Morgan fingerprint density at radius 3 is 2.00 bits per heavy atom. The minimum Gasteiger partial charge on any atom is -0.444 e. The van der Waals surface area contributed by atoms with Crippen LogP contribution >= 0.6 is 0 Å². The van der Waals surface area contributed by atoms with Gasteiger partial charge in [0.05, 0.1) is 0 Å². The highest BCUT2D eigenvalue weighted by Crippen LogP contribution is 2.26. The van der Waals surface area contributed by atoms with E-state index in [4.69, 9.17) is 4.42 Å². The minimum absolute atomic E-state index is 0.134. The molecular formula is C24H20N2O2. The van der Waals surface area contributed by atoms with Gasteiger partial charge in [-0.3, -0.25) is 4.79 Å². The molecule has 1 amide bonds. The number of carbonyl (C=O) groups is 1. The molecule has 4 rings (SSSR count). The van der Waals surface area contributed by atoms with Gasteiger partial charge < -0.3 is 9.73 Å².